The van der Waals surface area contributed by atoms with Crippen LogP contribution in [0.1, 0.15) is 31.7 Å². The van der Waals surface area contributed by atoms with E-state index in [-0.39, 0.29) is 6.61 Å². The number of ether oxygens (including phenoxy) is 1. The third-order valence-corrected chi connectivity index (χ3v) is 5.70. The summed E-state index contributed by atoms with van der Waals surface area (Å²) in [7, 11) is 0. The zero-order valence-corrected chi connectivity index (χ0v) is 16.9. The average molecular weight is 389 g/mol. The molecule has 150 valence electrons. The summed E-state index contributed by atoms with van der Waals surface area (Å²) in [5.41, 5.74) is 2.21. The topological polar surface area (TPSA) is 49.7 Å². The molecule has 0 aliphatic rings. The van der Waals surface area contributed by atoms with Crippen molar-refractivity contribution in [1.29, 1.82) is 0 Å². The number of unbranched alkanes of at least 4 members (excludes halogenated alkanes) is 1. The Morgan fingerprint density at radius 3 is 2.38 bits per heavy atom. The molecule has 3 heteroatoms. The van der Waals surface area contributed by atoms with Crippen LogP contribution in [0.4, 0.5) is 0 Å². The molecule has 0 saturated heterocycles. The van der Waals surface area contributed by atoms with E-state index in [4.69, 9.17) is 9.84 Å². The quantitative estimate of drug-likeness (QED) is 0.171. The number of rotatable bonds is 9. The zero-order chi connectivity index (χ0) is 20.2. The molecule has 4 aromatic rings. The Morgan fingerprint density at radius 2 is 1.62 bits per heavy atom. The molecule has 0 amide bonds. The summed E-state index contributed by atoms with van der Waals surface area (Å²) in [5, 5.41) is 26.8. The van der Waals surface area contributed by atoms with Gasteiger partial charge in [-0.15, -0.1) is 0 Å². The van der Waals surface area contributed by atoms with Crippen LogP contribution in [-0.4, -0.2) is 29.7 Å². The molecule has 1 atom stereocenters. The lowest BCUT2D eigenvalue weighted by Crippen LogP contribution is -2.14. The molecule has 29 heavy (non-hydrogen) atoms. The summed E-state index contributed by atoms with van der Waals surface area (Å²) in [4.78, 5) is 0. The van der Waals surface area contributed by atoms with E-state index in [1.807, 2.05) is 6.92 Å². The lowest BCUT2D eigenvalue weighted by molar-refractivity contribution is -0.0750. The molecule has 3 nitrogen and oxygen atoms in total. The highest BCUT2D eigenvalue weighted by Gasteiger charge is 2.10. The first-order valence-corrected chi connectivity index (χ1v) is 10.4. The van der Waals surface area contributed by atoms with Gasteiger partial charge in [0.15, 0.2) is 6.29 Å². The van der Waals surface area contributed by atoms with E-state index in [1.54, 1.807) is 0 Å². The van der Waals surface area contributed by atoms with Crippen molar-refractivity contribution in [2.75, 3.05) is 13.2 Å². The van der Waals surface area contributed by atoms with Crippen molar-refractivity contribution >= 4 is 32.3 Å². The fourth-order valence-electron chi connectivity index (χ4n) is 4.13. The van der Waals surface area contributed by atoms with Gasteiger partial charge in [0, 0.05) is 6.61 Å². The maximum absolute atomic E-state index is 9.99. The summed E-state index contributed by atoms with van der Waals surface area (Å²) < 4.78 is 5.31. The van der Waals surface area contributed by atoms with Gasteiger partial charge in [-0.2, -0.15) is 0 Å². The summed E-state index contributed by atoms with van der Waals surface area (Å²) >= 11 is 0. The zero-order valence-electron chi connectivity index (χ0n) is 16.9. The minimum absolute atomic E-state index is 0.0782. The minimum atomic E-state index is -0.879. The average Bonchev–Trinajstić information content (AvgIpc) is 2.75. The molecule has 0 bridgehead atoms. The molecule has 0 spiro atoms. The fraction of sp³-hybridized carbons (Fsp3) is 0.308. The Hall–Kier alpha value is -2.46. The standard InChI is InChI=1S/C26H28O3/c1-18(26(28)29-17-5-16-27)6-2-3-7-19-10-11-22-13-12-20-8-4-9-21-14-15-23(19)25(22)24(20)21/h4,6,8-15,26-28H,2-3,5,7,16-17H2,1H3/b18-6+. The predicted molar refractivity (Wildman–Crippen MR) is 121 cm³/mol. The Bertz CT molecular complexity index is 1110. The van der Waals surface area contributed by atoms with Crippen molar-refractivity contribution in [3.8, 4) is 0 Å². The van der Waals surface area contributed by atoms with Gasteiger partial charge in [0.1, 0.15) is 0 Å². The molecule has 4 rings (SSSR count). The molecule has 0 aliphatic heterocycles. The third kappa shape index (κ3) is 4.13. The van der Waals surface area contributed by atoms with E-state index in [2.05, 4.69) is 60.7 Å². The van der Waals surface area contributed by atoms with Crippen LogP contribution in [0.2, 0.25) is 0 Å². The van der Waals surface area contributed by atoms with Crippen molar-refractivity contribution in [3.63, 3.8) is 0 Å². The maximum atomic E-state index is 9.99. The van der Waals surface area contributed by atoms with Crippen LogP contribution in [0.25, 0.3) is 32.3 Å². The van der Waals surface area contributed by atoms with E-state index in [9.17, 15) is 5.11 Å². The van der Waals surface area contributed by atoms with Gasteiger partial charge >= 0.3 is 0 Å². The molecule has 4 aromatic carbocycles. The lowest BCUT2D eigenvalue weighted by atomic mass is 9.90. The largest absolute Gasteiger partial charge is 0.396 e. The van der Waals surface area contributed by atoms with Gasteiger partial charge < -0.3 is 14.9 Å². The van der Waals surface area contributed by atoms with E-state index < -0.39 is 6.29 Å². The molecule has 0 saturated carbocycles. The first kappa shape index (κ1) is 19.8. The number of hydrogen-bond donors (Lipinski definition) is 2. The van der Waals surface area contributed by atoms with Crippen LogP contribution in [0.5, 0.6) is 0 Å². The number of benzene rings is 4. The van der Waals surface area contributed by atoms with Crippen LogP contribution in [0.3, 0.4) is 0 Å². The minimum Gasteiger partial charge on any atom is -0.396 e. The monoisotopic (exact) mass is 388 g/mol. The summed E-state index contributed by atoms with van der Waals surface area (Å²) in [5.74, 6) is 0. The van der Waals surface area contributed by atoms with Crippen LogP contribution in [-0.2, 0) is 11.2 Å². The molecular weight excluding hydrogens is 360 g/mol. The van der Waals surface area contributed by atoms with E-state index in [1.165, 1.54) is 37.9 Å². The molecule has 0 radical (unpaired) electrons. The van der Waals surface area contributed by atoms with Gasteiger partial charge in [0.25, 0.3) is 0 Å². The van der Waals surface area contributed by atoms with Crippen molar-refractivity contribution in [2.24, 2.45) is 0 Å². The molecule has 1 unspecified atom stereocenters. The molecule has 0 aliphatic carbocycles. The normalized spacial score (nSPS) is 13.7. The Morgan fingerprint density at radius 1 is 0.931 bits per heavy atom. The third-order valence-electron chi connectivity index (χ3n) is 5.70. The Balaban J connectivity index is 1.49. The summed E-state index contributed by atoms with van der Waals surface area (Å²) in [6.45, 7) is 2.33. The van der Waals surface area contributed by atoms with Gasteiger partial charge in [0.2, 0.25) is 0 Å². The van der Waals surface area contributed by atoms with Crippen molar-refractivity contribution < 1.29 is 14.9 Å². The number of allylic oxidation sites excluding steroid dienone is 1. The van der Waals surface area contributed by atoms with Gasteiger partial charge in [-0.05, 0) is 76.1 Å². The number of hydrogen-bond acceptors (Lipinski definition) is 3. The maximum Gasteiger partial charge on any atom is 0.176 e. The Labute approximate surface area is 171 Å². The molecule has 0 aromatic heterocycles. The number of aryl methyl sites for hydroxylation is 1. The second-order valence-corrected chi connectivity index (χ2v) is 7.72. The van der Waals surface area contributed by atoms with Gasteiger partial charge in [-0.25, -0.2) is 0 Å². The molecular formula is C26H28O3. The van der Waals surface area contributed by atoms with Gasteiger partial charge in [-0.3, -0.25) is 0 Å². The second kappa shape index (κ2) is 8.91. The van der Waals surface area contributed by atoms with E-state index in [0.717, 1.165) is 24.8 Å². The fourth-order valence-corrected chi connectivity index (χ4v) is 4.13. The highest BCUT2D eigenvalue weighted by atomic mass is 16.6. The van der Waals surface area contributed by atoms with Crippen LogP contribution in [0.15, 0.2) is 66.2 Å². The first-order chi connectivity index (χ1) is 14.2. The number of aliphatic hydroxyl groups excluding tert-OH is 2. The van der Waals surface area contributed by atoms with Crippen LogP contribution in [0, 0.1) is 0 Å². The second-order valence-electron chi connectivity index (χ2n) is 7.72. The Kier molecular flexibility index (Phi) is 6.10. The summed E-state index contributed by atoms with van der Waals surface area (Å²) in [6, 6.07) is 19.9. The molecule has 2 N–H and O–H groups in total. The highest BCUT2D eigenvalue weighted by molar-refractivity contribution is 6.23. The smallest absolute Gasteiger partial charge is 0.176 e. The lowest BCUT2D eigenvalue weighted by Gasteiger charge is -2.14. The molecule has 0 heterocycles. The highest BCUT2D eigenvalue weighted by Crippen LogP contribution is 2.36. The SMILES string of the molecule is C/C(=C\CCCc1ccc2ccc3cccc4ccc1c2c34)C(O)OCCCO. The first-order valence-electron chi connectivity index (χ1n) is 10.4. The van der Waals surface area contributed by atoms with Crippen LogP contribution < -0.4 is 0 Å². The van der Waals surface area contributed by atoms with Gasteiger partial charge in [-0.1, -0.05) is 60.7 Å². The van der Waals surface area contributed by atoms with Crippen LogP contribution >= 0.6 is 0 Å². The van der Waals surface area contributed by atoms with Crippen molar-refractivity contribution in [3.05, 3.63) is 71.8 Å². The van der Waals surface area contributed by atoms with E-state index >= 15 is 0 Å². The molecule has 0 fully saturated rings. The van der Waals surface area contributed by atoms with Gasteiger partial charge in [0.05, 0.1) is 6.61 Å². The van der Waals surface area contributed by atoms with Crippen molar-refractivity contribution in [1.82, 2.24) is 0 Å². The van der Waals surface area contributed by atoms with Crippen molar-refractivity contribution in [2.45, 2.75) is 38.9 Å². The predicted octanol–water partition coefficient (Wildman–Crippen LogP) is 5.57. The van der Waals surface area contributed by atoms with E-state index in [0.29, 0.717) is 13.0 Å². The summed E-state index contributed by atoms with van der Waals surface area (Å²) in [6.07, 6.45) is 4.63. The number of aliphatic hydroxyl groups is 2.